The first-order valence-electron chi connectivity index (χ1n) is 7.69. The molecule has 4 rings (SSSR count). The monoisotopic (exact) mass is 390 g/mol. The molecule has 4 heterocycles. The largest absolute Gasteiger partial charge is 0.465 e. The summed E-state index contributed by atoms with van der Waals surface area (Å²) in [6.45, 7) is 4.52. The summed E-state index contributed by atoms with van der Waals surface area (Å²) in [4.78, 5) is 31.3. The van der Waals surface area contributed by atoms with Crippen LogP contribution in [0.2, 0.25) is 0 Å². The molecule has 1 aliphatic rings. The summed E-state index contributed by atoms with van der Waals surface area (Å²) in [5, 5.41) is 4.83. The van der Waals surface area contributed by atoms with Crippen LogP contribution in [0.3, 0.4) is 0 Å². The second kappa shape index (κ2) is 6.78. The predicted molar refractivity (Wildman–Crippen MR) is 103 cm³/mol. The van der Waals surface area contributed by atoms with E-state index >= 15 is 0 Å². The quantitative estimate of drug-likeness (QED) is 0.377. The van der Waals surface area contributed by atoms with Gasteiger partial charge < -0.3 is 4.74 Å². The van der Waals surface area contributed by atoms with E-state index in [-0.39, 0.29) is 16.8 Å². The van der Waals surface area contributed by atoms with E-state index in [1.807, 2.05) is 22.9 Å². The summed E-state index contributed by atoms with van der Waals surface area (Å²) in [6.07, 6.45) is 2.31. The first-order valence-corrected chi connectivity index (χ1v) is 10.3. The lowest BCUT2D eigenvalue weighted by Gasteiger charge is -2.12. The van der Waals surface area contributed by atoms with Crippen LogP contribution in [0.4, 0.5) is 0 Å². The molecule has 0 aliphatic carbocycles. The molecule has 0 unspecified atom stereocenters. The van der Waals surface area contributed by atoms with Crippen LogP contribution < -0.4 is 5.56 Å². The number of hydrogen-bond donors (Lipinski definition) is 0. The highest BCUT2D eigenvalue weighted by Gasteiger charge is 2.30. The van der Waals surface area contributed by atoms with E-state index in [4.69, 9.17) is 4.74 Å². The molecule has 1 fully saturated rings. The molecule has 1 saturated heterocycles. The van der Waals surface area contributed by atoms with Crippen LogP contribution in [0, 0.1) is 0 Å². The normalized spacial score (nSPS) is 17.1. The molecule has 1 aliphatic heterocycles. The number of carbonyl (C=O) groups is 1. The number of rotatable bonds is 5. The molecule has 3 aromatic heterocycles. The summed E-state index contributed by atoms with van der Waals surface area (Å²) >= 11 is 4.35. The molecule has 0 aromatic carbocycles. The molecule has 25 heavy (non-hydrogen) atoms. The van der Waals surface area contributed by atoms with E-state index in [0.717, 1.165) is 10.4 Å². The van der Waals surface area contributed by atoms with Crippen molar-refractivity contribution in [2.45, 2.75) is 23.4 Å². The van der Waals surface area contributed by atoms with E-state index in [1.54, 1.807) is 22.0 Å². The fourth-order valence-electron chi connectivity index (χ4n) is 2.71. The molecule has 1 atom stereocenters. The first kappa shape index (κ1) is 16.6. The van der Waals surface area contributed by atoms with Crippen molar-refractivity contribution in [1.82, 2.24) is 9.55 Å². The third-order valence-corrected chi connectivity index (χ3v) is 6.90. The summed E-state index contributed by atoms with van der Waals surface area (Å²) in [7, 11) is 0. The first-order chi connectivity index (χ1) is 12.2. The third-order valence-electron chi connectivity index (χ3n) is 3.89. The number of fused-ring (bicyclic) bond motifs is 1. The summed E-state index contributed by atoms with van der Waals surface area (Å²) in [5.41, 5.74) is 0.825. The van der Waals surface area contributed by atoms with Gasteiger partial charge in [0.1, 0.15) is 10.1 Å². The highest BCUT2D eigenvalue weighted by molar-refractivity contribution is 8.00. The number of aromatic nitrogens is 2. The third kappa shape index (κ3) is 2.94. The predicted octanol–water partition coefficient (Wildman–Crippen LogP) is 3.78. The number of carbonyl (C=O) groups excluding carboxylic acids is 1. The second-order valence-electron chi connectivity index (χ2n) is 5.47. The summed E-state index contributed by atoms with van der Waals surface area (Å²) in [6, 6.07) is 3.97. The van der Waals surface area contributed by atoms with Gasteiger partial charge in [-0.05, 0) is 11.4 Å². The topological polar surface area (TPSA) is 61.2 Å². The van der Waals surface area contributed by atoms with Crippen molar-refractivity contribution in [1.29, 1.82) is 0 Å². The van der Waals surface area contributed by atoms with Gasteiger partial charge in [0.2, 0.25) is 0 Å². The van der Waals surface area contributed by atoms with Gasteiger partial charge in [-0.2, -0.15) is 0 Å². The van der Waals surface area contributed by atoms with Gasteiger partial charge in [-0.25, -0.2) is 4.98 Å². The minimum absolute atomic E-state index is 0.0941. The van der Waals surface area contributed by atoms with Gasteiger partial charge in [0.15, 0.2) is 5.16 Å². The Balaban J connectivity index is 1.86. The second-order valence-corrected chi connectivity index (χ2v) is 8.44. The Hall–Kier alpha value is -1.90. The van der Waals surface area contributed by atoms with Crippen LogP contribution in [-0.2, 0) is 16.1 Å². The molecule has 3 aromatic rings. The zero-order chi connectivity index (χ0) is 17.4. The number of cyclic esters (lactones) is 1. The number of esters is 1. The van der Waals surface area contributed by atoms with Crippen LogP contribution >= 0.6 is 34.4 Å². The molecule has 0 bridgehead atoms. The SMILES string of the molecule is C=CCn1c(S[C@H]2CCOC2=O)nc2scc(-c3cccs3)c2c1=O. The molecule has 0 N–H and O–H groups in total. The fourth-order valence-corrected chi connectivity index (χ4v) is 5.58. The molecule has 0 spiro atoms. The van der Waals surface area contributed by atoms with Crippen LogP contribution in [0.1, 0.15) is 6.42 Å². The van der Waals surface area contributed by atoms with Gasteiger partial charge >= 0.3 is 5.97 Å². The van der Waals surface area contributed by atoms with Crippen LogP contribution in [0.5, 0.6) is 0 Å². The minimum Gasteiger partial charge on any atom is -0.465 e. The Morgan fingerprint density at radius 2 is 2.32 bits per heavy atom. The molecular weight excluding hydrogens is 376 g/mol. The van der Waals surface area contributed by atoms with Crippen molar-refractivity contribution < 1.29 is 9.53 Å². The van der Waals surface area contributed by atoms with E-state index in [0.29, 0.717) is 34.9 Å². The highest BCUT2D eigenvalue weighted by atomic mass is 32.2. The number of ether oxygens (including phenoxy) is 1. The average molecular weight is 391 g/mol. The van der Waals surface area contributed by atoms with Crippen molar-refractivity contribution in [3.8, 4) is 10.4 Å². The van der Waals surface area contributed by atoms with Gasteiger partial charge in [0, 0.05) is 28.8 Å². The van der Waals surface area contributed by atoms with E-state index < -0.39 is 0 Å². The van der Waals surface area contributed by atoms with E-state index in [2.05, 4.69) is 11.6 Å². The minimum atomic E-state index is -0.308. The summed E-state index contributed by atoms with van der Waals surface area (Å²) in [5.74, 6) is -0.241. The average Bonchev–Trinajstić information content (AvgIpc) is 3.32. The number of thiophene rings is 2. The molecule has 128 valence electrons. The lowest BCUT2D eigenvalue weighted by atomic mass is 10.2. The Bertz CT molecular complexity index is 1000. The molecule has 5 nitrogen and oxygen atoms in total. The van der Waals surface area contributed by atoms with E-state index in [1.165, 1.54) is 23.1 Å². The van der Waals surface area contributed by atoms with Gasteiger partial charge in [0.25, 0.3) is 5.56 Å². The highest BCUT2D eigenvalue weighted by Crippen LogP contribution is 2.35. The molecular formula is C17H14N2O3S3. The van der Waals surface area contributed by atoms with Gasteiger partial charge in [0.05, 0.1) is 12.0 Å². The lowest BCUT2D eigenvalue weighted by Crippen LogP contribution is -2.24. The maximum atomic E-state index is 13.1. The van der Waals surface area contributed by atoms with Crippen molar-refractivity contribution in [2.24, 2.45) is 0 Å². The summed E-state index contributed by atoms with van der Waals surface area (Å²) < 4.78 is 6.61. The molecule has 8 heteroatoms. The fraction of sp³-hybridized carbons (Fsp3) is 0.235. The Morgan fingerprint density at radius 1 is 1.44 bits per heavy atom. The molecule has 0 amide bonds. The van der Waals surface area contributed by atoms with Gasteiger partial charge in [-0.3, -0.25) is 14.2 Å². The van der Waals surface area contributed by atoms with Crippen molar-refractivity contribution in [3.63, 3.8) is 0 Å². The van der Waals surface area contributed by atoms with Crippen molar-refractivity contribution in [2.75, 3.05) is 6.61 Å². The Morgan fingerprint density at radius 3 is 3.00 bits per heavy atom. The van der Waals surface area contributed by atoms with Crippen LogP contribution in [0.25, 0.3) is 20.7 Å². The zero-order valence-electron chi connectivity index (χ0n) is 13.1. The Kier molecular flexibility index (Phi) is 4.49. The smallest absolute Gasteiger partial charge is 0.319 e. The lowest BCUT2D eigenvalue weighted by molar-refractivity contribution is -0.137. The zero-order valence-corrected chi connectivity index (χ0v) is 15.6. The molecule has 0 radical (unpaired) electrons. The van der Waals surface area contributed by atoms with E-state index in [9.17, 15) is 9.59 Å². The van der Waals surface area contributed by atoms with Crippen molar-refractivity contribution in [3.05, 3.63) is 45.9 Å². The standard InChI is InChI=1S/C17H14N2O3S3/c1-2-6-19-15(20)13-10(11-4-3-8-23-11)9-24-14(13)18-17(19)25-12-5-7-22-16(12)21/h2-4,8-9,12H,1,5-7H2/t12-/m0/s1. The number of thioether (sulfide) groups is 1. The maximum Gasteiger partial charge on any atom is 0.319 e. The van der Waals surface area contributed by atoms with Crippen LogP contribution in [-0.4, -0.2) is 27.4 Å². The van der Waals surface area contributed by atoms with Gasteiger partial charge in [-0.15, -0.1) is 29.3 Å². The Labute approximate surface area is 156 Å². The maximum absolute atomic E-state index is 13.1. The number of allylic oxidation sites excluding steroid dienone is 1. The number of hydrogen-bond acceptors (Lipinski definition) is 7. The van der Waals surface area contributed by atoms with Crippen LogP contribution in [0.15, 0.2) is 45.5 Å². The number of nitrogens with zero attached hydrogens (tertiary/aromatic N) is 2. The van der Waals surface area contributed by atoms with Gasteiger partial charge in [-0.1, -0.05) is 23.9 Å². The van der Waals surface area contributed by atoms with Crippen molar-refractivity contribution >= 4 is 50.6 Å². The molecule has 0 saturated carbocycles.